The Kier molecular flexibility index (Phi) is 8.01. The van der Waals surface area contributed by atoms with Gasteiger partial charge in [-0.25, -0.2) is 4.39 Å². The highest BCUT2D eigenvalue weighted by atomic mass is 35.5. The second kappa shape index (κ2) is 10.0. The molecule has 1 N–H and O–H groups in total. The van der Waals surface area contributed by atoms with Crippen LogP contribution in [0.4, 0.5) is 4.39 Å². The van der Waals surface area contributed by atoms with Crippen LogP contribution in [-0.2, 0) is 13.2 Å². The molecule has 0 unspecified atom stereocenters. The highest BCUT2D eigenvalue weighted by Gasteiger charge is 2.14. The van der Waals surface area contributed by atoms with Crippen LogP contribution >= 0.6 is 24.0 Å². The van der Waals surface area contributed by atoms with E-state index in [0.717, 1.165) is 23.4 Å². The quantitative estimate of drug-likeness (QED) is 0.669. The zero-order chi connectivity index (χ0) is 16.8. The summed E-state index contributed by atoms with van der Waals surface area (Å²) in [6.45, 7) is 1.17. The number of rotatable bonds is 6. The Morgan fingerprint density at radius 3 is 2.48 bits per heavy atom. The minimum atomic E-state index is -0.234. The fourth-order valence-electron chi connectivity index (χ4n) is 3.13. The van der Waals surface area contributed by atoms with E-state index in [9.17, 15) is 4.39 Å². The van der Waals surface area contributed by atoms with Crippen LogP contribution < -0.4 is 10.1 Å². The Balaban J connectivity index is 0.00000225. The molecule has 2 aromatic carbocycles. The summed E-state index contributed by atoms with van der Waals surface area (Å²) < 4.78 is 18.9. The molecule has 0 radical (unpaired) electrons. The third kappa shape index (κ3) is 6.18. The van der Waals surface area contributed by atoms with Crippen LogP contribution in [0.3, 0.4) is 0 Å². The molecule has 0 saturated heterocycles. The summed E-state index contributed by atoms with van der Waals surface area (Å²) in [6, 6.07) is 12.7. The van der Waals surface area contributed by atoms with E-state index in [4.69, 9.17) is 16.3 Å². The molecular weight excluding hydrogens is 360 g/mol. The van der Waals surface area contributed by atoms with Crippen molar-refractivity contribution in [1.29, 1.82) is 0 Å². The number of benzene rings is 2. The van der Waals surface area contributed by atoms with E-state index >= 15 is 0 Å². The molecule has 1 saturated carbocycles. The lowest BCUT2D eigenvalue weighted by atomic mass is 9.95. The van der Waals surface area contributed by atoms with Gasteiger partial charge in [-0.2, -0.15) is 0 Å². The fourth-order valence-corrected chi connectivity index (χ4v) is 3.32. The van der Waals surface area contributed by atoms with E-state index in [1.807, 2.05) is 18.2 Å². The third-order valence-corrected chi connectivity index (χ3v) is 4.75. The van der Waals surface area contributed by atoms with E-state index in [-0.39, 0.29) is 18.2 Å². The smallest absolute Gasteiger partial charge is 0.124 e. The van der Waals surface area contributed by atoms with E-state index < -0.39 is 0 Å². The van der Waals surface area contributed by atoms with Gasteiger partial charge in [0.2, 0.25) is 0 Å². The highest BCUT2D eigenvalue weighted by molar-refractivity contribution is 6.30. The average molecular weight is 384 g/mol. The summed E-state index contributed by atoms with van der Waals surface area (Å²) in [5.41, 5.74) is 2.01. The normalized spacial score (nSPS) is 14.8. The molecule has 0 spiro atoms. The molecule has 0 bridgehead atoms. The number of hydrogen-bond acceptors (Lipinski definition) is 2. The first-order chi connectivity index (χ1) is 11.7. The van der Waals surface area contributed by atoms with Gasteiger partial charge in [-0.15, -0.1) is 12.4 Å². The van der Waals surface area contributed by atoms with Crippen molar-refractivity contribution in [1.82, 2.24) is 5.32 Å². The summed E-state index contributed by atoms with van der Waals surface area (Å²) in [5, 5.41) is 4.34. The van der Waals surface area contributed by atoms with Gasteiger partial charge in [0.25, 0.3) is 0 Å². The number of ether oxygens (including phenoxy) is 1. The number of nitrogens with one attached hydrogen (secondary N) is 1. The SMILES string of the molecule is Cl.Fc1ccc(COc2ccc(Cl)cc2CNC2CCCCC2)cc1. The largest absolute Gasteiger partial charge is 0.489 e. The maximum atomic E-state index is 13.0. The van der Waals surface area contributed by atoms with Crippen LogP contribution in [-0.4, -0.2) is 6.04 Å². The molecule has 5 heteroatoms. The summed E-state index contributed by atoms with van der Waals surface area (Å²) in [4.78, 5) is 0. The predicted octanol–water partition coefficient (Wildman–Crippen LogP) is 5.90. The Labute approximate surface area is 160 Å². The Bertz CT molecular complexity index is 657. The maximum absolute atomic E-state index is 13.0. The Hall–Kier alpha value is -1.29. The molecule has 1 fully saturated rings. The summed E-state index contributed by atoms with van der Waals surface area (Å²) in [7, 11) is 0. The van der Waals surface area contributed by atoms with Gasteiger partial charge in [0, 0.05) is 23.2 Å². The topological polar surface area (TPSA) is 21.3 Å². The molecule has 1 aliphatic rings. The summed E-state index contributed by atoms with van der Waals surface area (Å²) in [6.07, 6.45) is 6.45. The molecule has 2 nitrogen and oxygen atoms in total. The molecule has 2 aromatic rings. The minimum absolute atomic E-state index is 0. The number of hydrogen-bond donors (Lipinski definition) is 1. The first-order valence-corrected chi connectivity index (χ1v) is 8.97. The Morgan fingerprint density at radius 2 is 1.76 bits per heavy atom. The molecule has 0 aliphatic heterocycles. The highest BCUT2D eigenvalue weighted by Crippen LogP contribution is 2.25. The van der Waals surface area contributed by atoms with Crippen molar-refractivity contribution < 1.29 is 9.13 Å². The molecule has 0 amide bonds. The molecule has 0 atom stereocenters. The lowest BCUT2D eigenvalue weighted by molar-refractivity contribution is 0.299. The van der Waals surface area contributed by atoms with Gasteiger partial charge in [0.05, 0.1) is 0 Å². The van der Waals surface area contributed by atoms with Gasteiger partial charge in [0.1, 0.15) is 18.2 Å². The molecule has 3 rings (SSSR count). The fraction of sp³-hybridized carbons (Fsp3) is 0.400. The van der Waals surface area contributed by atoms with Gasteiger partial charge in [-0.05, 0) is 48.7 Å². The maximum Gasteiger partial charge on any atom is 0.124 e. The van der Waals surface area contributed by atoms with E-state index in [1.165, 1.54) is 44.2 Å². The third-order valence-electron chi connectivity index (χ3n) is 4.52. The van der Waals surface area contributed by atoms with Gasteiger partial charge in [-0.3, -0.25) is 0 Å². The monoisotopic (exact) mass is 383 g/mol. The van der Waals surface area contributed by atoms with Crippen molar-refractivity contribution >= 4 is 24.0 Å². The molecular formula is C20H24Cl2FNO. The first kappa shape index (κ1) is 20.0. The molecule has 136 valence electrons. The lowest BCUT2D eigenvalue weighted by Gasteiger charge is -2.23. The van der Waals surface area contributed by atoms with Crippen LogP contribution in [0.1, 0.15) is 43.2 Å². The van der Waals surface area contributed by atoms with Crippen molar-refractivity contribution in [3.63, 3.8) is 0 Å². The lowest BCUT2D eigenvalue weighted by Crippen LogP contribution is -2.30. The zero-order valence-corrected chi connectivity index (χ0v) is 15.7. The minimum Gasteiger partial charge on any atom is -0.489 e. The van der Waals surface area contributed by atoms with Crippen molar-refractivity contribution in [3.8, 4) is 5.75 Å². The van der Waals surface area contributed by atoms with Crippen LogP contribution in [0.15, 0.2) is 42.5 Å². The molecule has 25 heavy (non-hydrogen) atoms. The predicted molar refractivity (Wildman–Crippen MR) is 103 cm³/mol. The van der Waals surface area contributed by atoms with Crippen LogP contribution in [0.5, 0.6) is 5.75 Å². The van der Waals surface area contributed by atoms with Crippen LogP contribution in [0.2, 0.25) is 5.02 Å². The van der Waals surface area contributed by atoms with E-state index in [1.54, 1.807) is 12.1 Å². The van der Waals surface area contributed by atoms with E-state index in [2.05, 4.69) is 5.32 Å². The van der Waals surface area contributed by atoms with Crippen molar-refractivity contribution in [2.75, 3.05) is 0 Å². The Morgan fingerprint density at radius 1 is 1.04 bits per heavy atom. The second-order valence-electron chi connectivity index (χ2n) is 6.38. The summed E-state index contributed by atoms with van der Waals surface area (Å²) in [5.74, 6) is 0.592. The first-order valence-electron chi connectivity index (χ1n) is 8.60. The average Bonchev–Trinajstić information content (AvgIpc) is 2.61. The molecule has 0 heterocycles. The summed E-state index contributed by atoms with van der Waals surface area (Å²) >= 11 is 6.15. The zero-order valence-electron chi connectivity index (χ0n) is 14.1. The van der Waals surface area contributed by atoms with E-state index in [0.29, 0.717) is 17.7 Å². The van der Waals surface area contributed by atoms with Gasteiger partial charge in [0.15, 0.2) is 0 Å². The van der Waals surface area contributed by atoms with Crippen molar-refractivity contribution in [2.45, 2.75) is 51.3 Å². The van der Waals surface area contributed by atoms with Gasteiger partial charge in [-0.1, -0.05) is 43.0 Å². The second-order valence-corrected chi connectivity index (χ2v) is 6.82. The number of halogens is 3. The van der Waals surface area contributed by atoms with Crippen LogP contribution in [0.25, 0.3) is 0 Å². The van der Waals surface area contributed by atoms with Crippen molar-refractivity contribution in [3.05, 3.63) is 64.4 Å². The molecule has 0 aromatic heterocycles. The molecule has 1 aliphatic carbocycles. The van der Waals surface area contributed by atoms with Gasteiger partial charge >= 0.3 is 0 Å². The van der Waals surface area contributed by atoms with Crippen LogP contribution in [0, 0.1) is 5.82 Å². The van der Waals surface area contributed by atoms with Gasteiger partial charge < -0.3 is 10.1 Å². The standard InChI is InChI=1S/C20H23ClFNO.ClH/c21-17-8-11-20(24-14-15-6-9-18(22)10-7-15)16(12-17)13-23-19-4-2-1-3-5-19;/h6-12,19,23H,1-5,13-14H2;1H. The van der Waals surface area contributed by atoms with Crippen molar-refractivity contribution in [2.24, 2.45) is 0 Å².